The maximum absolute atomic E-state index is 9.22. The molecular formula is C17H19N7. The maximum Gasteiger partial charge on any atom is 0.141 e. The number of rotatable bonds is 4. The van der Waals surface area contributed by atoms with Crippen LogP contribution in [0.15, 0.2) is 31.0 Å². The number of hydrogen-bond donors (Lipinski definition) is 2. The predicted octanol–water partition coefficient (Wildman–Crippen LogP) is 2.42. The lowest BCUT2D eigenvalue weighted by Crippen LogP contribution is -2.41. The van der Waals surface area contributed by atoms with E-state index in [-0.39, 0.29) is 6.04 Å². The molecule has 7 nitrogen and oxygen atoms in total. The molecule has 0 bridgehead atoms. The van der Waals surface area contributed by atoms with Crippen molar-refractivity contribution < 1.29 is 0 Å². The summed E-state index contributed by atoms with van der Waals surface area (Å²) in [4.78, 5) is 11.7. The van der Waals surface area contributed by atoms with Gasteiger partial charge in [-0.1, -0.05) is 6.42 Å². The average Bonchev–Trinajstić information content (AvgIpc) is 3.29. The Bertz CT molecular complexity index is 866. The molecule has 3 aromatic rings. The summed E-state index contributed by atoms with van der Waals surface area (Å²) in [6.07, 6.45) is 11.2. The van der Waals surface area contributed by atoms with Gasteiger partial charge in [-0.2, -0.15) is 10.4 Å². The smallest absolute Gasteiger partial charge is 0.141 e. The van der Waals surface area contributed by atoms with Gasteiger partial charge in [-0.3, -0.25) is 4.68 Å². The molecule has 4 rings (SSSR count). The second-order valence-corrected chi connectivity index (χ2v) is 6.16. The van der Waals surface area contributed by atoms with Gasteiger partial charge in [0.15, 0.2) is 0 Å². The van der Waals surface area contributed by atoms with E-state index in [0.29, 0.717) is 12.5 Å². The van der Waals surface area contributed by atoms with Crippen molar-refractivity contribution >= 4 is 11.0 Å². The summed E-state index contributed by atoms with van der Waals surface area (Å²) in [5.74, 6) is 0. The van der Waals surface area contributed by atoms with Gasteiger partial charge in [0, 0.05) is 29.4 Å². The van der Waals surface area contributed by atoms with E-state index in [0.717, 1.165) is 35.3 Å². The van der Waals surface area contributed by atoms with Crippen molar-refractivity contribution in [2.45, 2.75) is 37.8 Å². The molecule has 2 N–H and O–H groups in total. The van der Waals surface area contributed by atoms with E-state index in [1.54, 1.807) is 6.33 Å². The van der Waals surface area contributed by atoms with Crippen LogP contribution in [0.3, 0.4) is 0 Å². The second-order valence-electron chi connectivity index (χ2n) is 6.16. The van der Waals surface area contributed by atoms with Gasteiger partial charge in [0.2, 0.25) is 0 Å². The first-order valence-electron chi connectivity index (χ1n) is 8.30. The average molecular weight is 321 g/mol. The summed E-state index contributed by atoms with van der Waals surface area (Å²) < 4.78 is 1.92. The lowest BCUT2D eigenvalue weighted by molar-refractivity contribution is 0.280. The Morgan fingerprint density at radius 2 is 2.33 bits per heavy atom. The van der Waals surface area contributed by atoms with Crippen LogP contribution in [0.5, 0.6) is 0 Å². The number of fused-ring (bicyclic) bond motifs is 1. The first-order valence-corrected chi connectivity index (χ1v) is 8.30. The molecule has 1 fully saturated rings. The number of aromatic nitrogens is 5. The minimum atomic E-state index is 0.0487. The van der Waals surface area contributed by atoms with E-state index in [1.807, 2.05) is 29.3 Å². The topological polar surface area (TPSA) is 95.2 Å². The summed E-state index contributed by atoms with van der Waals surface area (Å²) in [6, 6.07) is 4.62. The molecule has 0 saturated carbocycles. The molecule has 0 spiro atoms. The van der Waals surface area contributed by atoms with Crippen LogP contribution in [0.1, 0.15) is 31.7 Å². The van der Waals surface area contributed by atoms with E-state index in [9.17, 15) is 5.26 Å². The van der Waals surface area contributed by atoms with Crippen molar-refractivity contribution in [2.75, 3.05) is 6.54 Å². The number of aromatic amines is 1. The molecule has 0 aliphatic carbocycles. The minimum absolute atomic E-state index is 0.0487. The van der Waals surface area contributed by atoms with Crippen LogP contribution >= 0.6 is 0 Å². The molecule has 24 heavy (non-hydrogen) atoms. The predicted molar refractivity (Wildman–Crippen MR) is 90.0 cm³/mol. The van der Waals surface area contributed by atoms with Gasteiger partial charge in [0.05, 0.1) is 30.4 Å². The Kier molecular flexibility index (Phi) is 3.97. The zero-order valence-electron chi connectivity index (χ0n) is 13.3. The van der Waals surface area contributed by atoms with Crippen molar-refractivity contribution in [2.24, 2.45) is 0 Å². The third-order valence-electron chi connectivity index (χ3n) is 4.68. The van der Waals surface area contributed by atoms with E-state index in [4.69, 9.17) is 0 Å². The van der Waals surface area contributed by atoms with Crippen LogP contribution < -0.4 is 5.32 Å². The summed E-state index contributed by atoms with van der Waals surface area (Å²) in [5.41, 5.74) is 2.62. The van der Waals surface area contributed by atoms with Crippen LogP contribution in [-0.4, -0.2) is 37.3 Å². The van der Waals surface area contributed by atoms with Crippen LogP contribution in [0.2, 0.25) is 0 Å². The molecule has 1 aliphatic rings. The Morgan fingerprint density at radius 3 is 3.17 bits per heavy atom. The van der Waals surface area contributed by atoms with Crippen molar-refractivity contribution in [3.63, 3.8) is 0 Å². The zero-order valence-corrected chi connectivity index (χ0v) is 13.3. The van der Waals surface area contributed by atoms with Crippen LogP contribution in [-0.2, 0) is 0 Å². The molecule has 0 aromatic carbocycles. The maximum atomic E-state index is 9.22. The first-order chi connectivity index (χ1) is 11.9. The van der Waals surface area contributed by atoms with Gasteiger partial charge < -0.3 is 10.3 Å². The highest BCUT2D eigenvalue weighted by Crippen LogP contribution is 2.27. The Balaban J connectivity index is 1.68. The fraction of sp³-hybridized carbons (Fsp3) is 0.412. The quantitative estimate of drug-likeness (QED) is 0.769. The number of hydrogen-bond acceptors (Lipinski definition) is 5. The first kappa shape index (κ1) is 14.8. The summed E-state index contributed by atoms with van der Waals surface area (Å²) >= 11 is 0. The summed E-state index contributed by atoms with van der Waals surface area (Å²) in [7, 11) is 0. The molecule has 1 aliphatic heterocycles. The molecule has 1 saturated heterocycles. The molecule has 122 valence electrons. The molecule has 2 atom stereocenters. The molecule has 0 radical (unpaired) electrons. The molecule has 3 aromatic heterocycles. The lowest BCUT2D eigenvalue weighted by atomic mass is 9.96. The standard InChI is InChI=1S/C17H19N7/c18-6-4-15(14-3-1-2-7-19-14)24-10-12(9-23-24)16-13-5-8-20-17(13)22-11-21-16/h5,8-11,14-15,19H,1-4,7H2,(H,20,21,22). The highest BCUT2D eigenvalue weighted by atomic mass is 15.3. The third kappa shape index (κ3) is 2.65. The largest absolute Gasteiger partial charge is 0.346 e. The number of nitrogens with zero attached hydrogens (tertiary/aromatic N) is 5. The van der Waals surface area contributed by atoms with Crippen LogP contribution in [0, 0.1) is 11.3 Å². The minimum Gasteiger partial charge on any atom is -0.346 e. The monoisotopic (exact) mass is 321 g/mol. The molecule has 0 amide bonds. The normalized spacial score (nSPS) is 19.2. The molecule has 2 unspecified atom stereocenters. The Hall–Kier alpha value is -2.72. The van der Waals surface area contributed by atoms with Crippen LogP contribution in [0.25, 0.3) is 22.3 Å². The van der Waals surface area contributed by atoms with Gasteiger partial charge in [-0.05, 0) is 25.5 Å². The lowest BCUT2D eigenvalue weighted by Gasteiger charge is -2.30. The van der Waals surface area contributed by atoms with E-state index < -0.39 is 0 Å². The molecule has 7 heteroatoms. The van der Waals surface area contributed by atoms with Gasteiger partial charge in [0.25, 0.3) is 0 Å². The highest BCUT2D eigenvalue weighted by Gasteiger charge is 2.25. The summed E-state index contributed by atoms with van der Waals surface area (Å²) in [5, 5.41) is 18.3. The van der Waals surface area contributed by atoms with Crippen molar-refractivity contribution in [3.05, 3.63) is 31.0 Å². The molecule has 4 heterocycles. The number of piperidine rings is 1. The SMILES string of the molecule is N#CCC(C1CCCCN1)n1cc(-c2ncnc3[nH]ccc23)cn1. The van der Waals surface area contributed by atoms with E-state index >= 15 is 0 Å². The second kappa shape index (κ2) is 6.42. The van der Waals surface area contributed by atoms with Crippen molar-refractivity contribution in [3.8, 4) is 17.3 Å². The number of H-pyrrole nitrogens is 1. The Morgan fingerprint density at radius 1 is 1.38 bits per heavy atom. The van der Waals surface area contributed by atoms with Gasteiger partial charge in [-0.25, -0.2) is 9.97 Å². The fourth-order valence-electron chi connectivity index (χ4n) is 3.47. The zero-order chi connectivity index (χ0) is 16.4. The fourth-order valence-corrected chi connectivity index (χ4v) is 3.47. The number of nitrogens with one attached hydrogen (secondary N) is 2. The highest BCUT2D eigenvalue weighted by molar-refractivity contribution is 5.89. The molecular weight excluding hydrogens is 302 g/mol. The van der Waals surface area contributed by atoms with Crippen molar-refractivity contribution in [1.29, 1.82) is 5.26 Å². The Labute approximate surface area is 139 Å². The van der Waals surface area contributed by atoms with E-state index in [2.05, 4.69) is 31.4 Å². The van der Waals surface area contributed by atoms with Crippen molar-refractivity contribution in [1.82, 2.24) is 30.0 Å². The van der Waals surface area contributed by atoms with Crippen LogP contribution in [0.4, 0.5) is 0 Å². The van der Waals surface area contributed by atoms with Gasteiger partial charge in [-0.15, -0.1) is 0 Å². The third-order valence-corrected chi connectivity index (χ3v) is 4.68. The summed E-state index contributed by atoms with van der Waals surface area (Å²) in [6.45, 7) is 1.01. The van der Waals surface area contributed by atoms with E-state index in [1.165, 1.54) is 12.8 Å². The van der Waals surface area contributed by atoms with Gasteiger partial charge in [0.1, 0.15) is 12.0 Å². The van der Waals surface area contributed by atoms with Gasteiger partial charge >= 0.3 is 0 Å². The number of nitriles is 1.